The van der Waals surface area contributed by atoms with Gasteiger partial charge in [0.15, 0.2) is 5.78 Å². The smallest absolute Gasteiger partial charge is 0.185 e. The summed E-state index contributed by atoms with van der Waals surface area (Å²) in [6, 6.07) is 13.8. The quantitative estimate of drug-likeness (QED) is 0.641. The minimum absolute atomic E-state index is 0.0647. The minimum atomic E-state index is -0.0647. The van der Waals surface area contributed by atoms with Gasteiger partial charge in [-0.05, 0) is 54.5 Å². The summed E-state index contributed by atoms with van der Waals surface area (Å²) >= 11 is 0. The first-order valence-corrected chi connectivity index (χ1v) is 6.93. The second-order valence-electron chi connectivity index (χ2n) is 4.66. The van der Waals surface area contributed by atoms with Gasteiger partial charge in [-0.15, -0.1) is 0 Å². The lowest BCUT2D eigenvalue weighted by molar-refractivity contribution is 0.104. The molecular formula is C18H18O3. The molecule has 21 heavy (non-hydrogen) atoms. The maximum atomic E-state index is 12.0. The van der Waals surface area contributed by atoms with E-state index in [-0.39, 0.29) is 11.5 Å². The van der Waals surface area contributed by atoms with Crippen molar-refractivity contribution >= 4 is 11.9 Å². The summed E-state index contributed by atoms with van der Waals surface area (Å²) in [6.07, 6.45) is 4.20. The van der Waals surface area contributed by atoms with E-state index >= 15 is 0 Å². The average Bonchev–Trinajstić information content (AvgIpc) is 2.52. The lowest BCUT2D eigenvalue weighted by Crippen LogP contribution is -1.97. The summed E-state index contributed by atoms with van der Waals surface area (Å²) in [5.41, 5.74) is 1.48. The fourth-order valence-electron chi connectivity index (χ4n) is 1.79. The van der Waals surface area contributed by atoms with Crippen molar-refractivity contribution in [1.29, 1.82) is 0 Å². The van der Waals surface area contributed by atoms with Crippen LogP contribution in [-0.4, -0.2) is 17.5 Å². The van der Waals surface area contributed by atoms with Crippen LogP contribution in [0.15, 0.2) is 54.6 Å². The number of ether oxygens (including phenoxy) is 1. The molecule has 3 heteroatoms. The molecule has 0 aliphatic heterocycles. The van der Waals surface area contributed by atoms with E-state index in [2.05, 4.69) is 0 Å². The number of benzene rings is 2. The highest BCUT2D eigenvalue weighted by Gasteiger charge is 2.02. The first kappa shape index (κ1) is 14.9. The van der Waals surface area contributed by atoms with E-state index in [0.29, 0.717) is 12.2 Å². The van der Waals surface area contributed by atoms with Crippen molar-refractivity contribution in [2.24, 2.45) is 0 Å². The molecule has 0 bridgehead atoms. The highest BCUT2D eigenvalue weighted by atomic mass is 16.5. The Balaban J connectivity index is 2.01. The standard InChI is InChI=1S/C18H18O3/c1-2-13-21-17-10-6-15(7-11-17)18(20)12-5-14-3-8-16(19)9-4-14/h3-12,19H,2,13H2,1H3. The molecule has 0 heterocycles. The number of allylic oxidation sites excluding steroid dienone is 1. The summed E-state index contributed by atoms with van der Waals surface area (Å²) in [4.78, 5) is 12.0. The lowest BCUT2D eigenvalue weighted by atomic mass is 10.1. The van der Waals surface area contributed by atoms with Gasteiger partial charge in [-0.2, -0.15) is 0 Å². The van der Waals surface area contributed by atoms with Gasteiger partial charge in [-0.3, -0.25) is 4.79 Å². The molecule has 2 rings (SSSR count). The van der Waals surface area contributed by atoms with E-state index in [1.54, 1.807) is 54.6 Å². The molecule has 0 atom stereocenters. The number of phenolic OH excluding ortho intramolecular Hbond substituents is 1. The molecule has 0 saturated heterocycles. The molecule has 3 nitrogen and oxygen atoms in total. The van der Waals surface area contributed by atoms with Crippen LogP contribution in [0.3, 0.4) is 0 Å². The Labute approximate surface area is 124 Å². The van der Waals surface area contributed by atoms with Crippen molar-refractivity contribution in [3.63, 3.8) is 0 Å². The van der Waals surface area contributed by atoms with Crippen LogP contribution in [0.2, 0.25) is 0 Å². The molecule has 1 N–H and O–H groups in total. The SMILES string of the molecule is CCCOc1ccc(C(=O)C=Cc2ccc(O)cc2)cc1. The first-order valence-electron chi connectivity index (χ1n) is 6.93. The number of aromatic hydroxyl groups is 1. The maximum absolute atomic E-state index is 12.0. The van der Waals surface area contributed by atoms with Gasteiger partial charge >= 0.3 is 0 Å². The van der Waals surface area contributed by atoms with Gasteiger partial charge in [0, 0.05) is 5.56 Å². The lowest BCUT2D eigenvalue weighted by Gasteiger charge is -2.04. The molecule has 0 radical (unpaired) electrons. The van der Waals surface area contributed by atoms with Crippen molar-refractivity contribution < 1.29 is 14.6 Å². The molecule has 0 fully saturated rings. The molecule has 2 aromatic rings. The minimum Gasteiger partial charge on any atom is -0.508 e. The molecule has 0 aliphatic carbocycles. The Kier molecular flexibility index (Phi) is 5.16. The molecule has 0 amide bonds. The zero-order chi connectivity index (χ0) is 15.1. The van der Waals surface area contributed by atoms with E-state index in [9.17, 15) is 9.90 Å². The number of phenols is 1. The zero-order valence-electron chi connectivity index (χ0n) is 12.0. The summed E-state index contributed by atoms with van der Waals surface area (Å²) < 4.78 is 5.48. The zero-order valence-corrected chi connectivity index (χ0v) is 12.0. The Morgan fingerprint density at radius 3 is 2.38 bits per heavy atom. The van der Waals surface area contributed by atoms with E-state index in [4.69, 9.17) is 4.74 Å². The van der Waals surface area contributed by atoms with Crippen LogP contribution in [0.5, 0.6) is 11.5 Å². The van der Waals surface area contributed by atoms with Crippen molar-refractivity contribution in [3.05, 3.63) is 65.7 Å². The van der Waals surface area contributed by atoms with Crippen LogP contribution in [0, 0.1) is 0 Å². The van der Waals surface area contributed by atoms with Gasteiger partial charge < -0.3 is 9.84 Å². The van der Waals surface area contributed by atoms with Crippen LogP contribution < -0.4 is 4.74 Å². The van der Waals surface area contributed by atoms with Crippen molar-refractivity contribution in [3.8, 4) is 11.5 Å². The fourth-order valence-corrected chi connectivity index (χ4v) is 1.79. The van der Waals surface area contributed by atoms with Crippen molar-refractivity contribution in [2.45, 2.75) is 13.3 Å². The second kappa shape index (κ2) is 7.29. The van der Waals surface area contributed by atoms with E-state index in [0.717, 1.165) is 17.7 Å². The molecule has 108 valence electrons. The van der Waals surface area contributed by atoms with Crippen LogP contribution in [0.25, 0.3) is 6.08 Å². The van der Waals surface area contributed by atoms with Crippen LogP contribution in [-0.2, 0) is 0 Å². The summed E-state index contributed by atoms with van der Waals surface area (Å²) in [5, 5.41) is 9.20. The summed E-state index contributed by atoms with van der Waals surface area (Å²) in [7, 11) is 0. The van der Waals surface area contributed by atoms with Crippen molar-refractivity contribution in [2.75, 3.05) is 6.61 Å². The summed E-state index contributed by atoms with van der Waals surface area (Å²) in [6.45, 7) is 2.72. The first-order chi connectivity index (χ1) is 10.2. The maximum Gasteiger partial charge on any atom is 0.185 e. The van der Waals surface area contributed by atoms with E-state index in [1.807, 2.05) is 6.92 Å². The summed E-state index contributed by atoms with van der Waals surface area (Å²) in [5.74, 6) is 0.919. The molecule has 2 aromatic carbocycles. The van der Waals surface area contributed by atoms with E-state index in [1.165, 1.54) is 6.08 Å². The van der Waals surface area contributed by atoms with Gasteiger partial charge in [0.1, 0.15) is 11.5 Å². The number of hydrogen-bond acceptors (Lipinski definition) is 3. The predicted octanol–water partition coefficient (Wildman–Crippen LogP) is 4.08. The number of hydrogen-bond donors (Lipinski definition) is 1. The number of carbonyl (C=O) groups is 1. The largest absolute Gasteiger partial charge is 0.508 e. The highest BCUT2D eigenvalue weighted by Crippen LogP contribution is 2.14. The van der Waals surface area contributed by atoms with E-state index < -0.39 is 0 Å². The number of carbonyl (C=O) groups excluding carboxylic acids is 1. The van der Waals surface area contributed by atoms with Crippen LogP contribution in [0.1, 0.15) is 29.3 Å². The Morgan fingerprint density at radius 2 is 1.76 bits per heavy atom. The normalized spacial score (nSPS) is 10.7. The fraction of sp³-hybridized carbons (Fsp3) is 0.167. The number of ketones is 1. The van der Waals surface area contributed by atoms with Gasteiger partial charge in [0.25, 0.3) is 0 Å². The molecule has 0 aliphatic rings. The Morgan fingerprint density at radius 1 is 1.10 bits per heavy atom. The van der Waals surface area contributed by atoms with Crippen LogP contribution >= 0.6 is 0 Å². The molecule has 0 saturated carbocycles. The van der Waals surface area contributed by atoms with Gasteiger partial charge in [0.05, 0.1) is 6.61 Å². The Hall–Kier alpha value is -2.55. The predicted molar refractivity (Wildman–Crippen MR) is 83.7 cm³/mol. The number of rotatable bonds is 6. The second-order valence-corrected chi connectivity index (χ2v) is 4.66. The molecule has 0 spiro atoms. The molecule has 0 aromatic heterocycles. The van der Waals surface area contributed by atoms with Gasteiger partial charge in [-0.25, -0.2) is 0 Å². The third kappa shape index (κ3) is 4.49. The van der Waals surface area contributed by atoms with Gasteiger partial charge in [-0.1, -0.05) is 25.1 Å². The molecular weight excluding hydrogens is 264 g/mol. The van der Waals surface area contributed by atoms with Gasteiger partial charge in [0.2, 0.25) is 0 Å². The highest BCUT2D eigenvalue weighted by molar-refractivity contribution is 6.06. The molecule has 0 unspecified atom stereocenters. The third-order valence-electron chi connectivity index (χ3n) is 2.93. The van der Waals surface area contributed by atoms with Crippen molar-refractivity contribution in [1.82, 2.24) is 0 Å². The monoisotopic (exact) mass is 282 g/mol. The Bertz CT molecular complexity index is 610. The average molecular weight is 282 g/mol. The third-order valence-corrected chi connectivity index (χ3v) is 2.93. The topological polar surface area (TPSA) is 46.5 Å². The van der Waals surface area contributed by atoms with Crippen LogP contribution in [0.4, 0.5) is 0 Å².